The van der Waals surface area contributed by atoms with E-state index in [9.17, 15) is 33.5 Å². The van der Waals surface area contributed by atoms with Crippen LogP contribution < -0.4 is 10.6 Å². The summed E-state index contributed by atoms with van der Waals surface area (Å²) in [5, 5.41) is 23.5. The second-order valence-electron chi connectivity index (χ2n) is 8.13. The Morgan fingerprint density at radius 2 is 1.94 bits per heavy atom. The number of hydrogen-bond donors (Lipinski definition) is 4. The van der Waals surface area contributed by atoms with Crippen molar-refractivity contribution in [3.05, 3.63) is 34.1 Å². The minimum Gasteiger partial charge on any atom is -0.508 e. The molecule has 11 nitrogen and oxygen atoms in total. The molecule has 1 unspecified atom stereocenters. The molecular weight excluding hydrogens is 522 g/mol. The normalized spacial score (nSPS) is 18.7. The largest absolute Gasteiger partial charge is 0.552 e. The first-order valence-electron chi connectivity index (χ1n) is 10.2. The van der Waals surface area contributed by atoms with Gasteiger partial charge in [-0.3, -0.25) is 19.2 Å². The fraction of sp³-hybridized carbons (Fsp3) is 0.450. The predicted molar refractivity (Wildman–Crippen MR) is 118 cm³/mol. The van der Waals surface area contributed by atoms with Gasteiger partial charge in [0.15, 0.2) is 5.60 Å². The van der Waals surface area contributed by atoms with E-state index < -0.39 is 73.6 Å². The standard InChI is InChI=1S/C20H23BBrFN2O9/c1-10(2)5-14(21-33-17(29)8-20(34-21,19(31)32)7-16(27)28)25-15(26)9-24-18(30)12-6-11(23)3-4-13(12)22/h3-4,6,10,14H,5,7-9H2,1-2H3,(H,24,30)(H,25,26)(H,27,28)(H,31,32)/t14-,20?/m0/s1. The van der Waals surface area contributed by atoms with E-state index in [1.54, 1.807) is 13.8 Å². The highest BCUT2D eigenvalue weighted by Gasteiger charge is 2.54. The van der Waals surface area contributed by atoms with E-state index >= 15 is 0 Å². The molecule has 2 amide bonds. The van der Waals surface area contributed by atoms with Crippen LogP contribution >= 0.6 is 15.9 Å². The van der Waals surface area contributed by atoms with Gasteiger partial charge in [0.25, 0.3) is 11.9 Å². The molecule has 2 rings (SSSR count). The van der Waals surface area contributed by atoms with Crippen molar-refractivity contribution in [1.29, 1.82) is 0 Å². The van der Waals surface area contributed by atoms with Gasteiger partial charge >= 0.3 is 19.1 Å². The molecule has 4 N–H and O–H groups in total. The van der Waals surface area contributed by atoms with E-state index in [-0.39, 0.29) is 17.9 Å². The van der Waals surface area contributed by atoms with Crippen molar-refractivity contribution in [1.82, 2.24) is 10.6 Å². The topological polar surface area (TPSA) is 168 Å². The molecule has 0 aromatic heterocycles. The van der Waals surface area contributed by atoms with Crippen molar-refractivity contribution in [3.63, 3.8) is 0 Å². The van der Waals surface area contributed by atoms with Gasteiger partial charge in [-0.1, -0.05) is 13.8 Å². The molecule has 0 bridgehead atoms. The number of rotatable bonds is 10. The number of benzene rings is 1. The lowest BCUT2D eigenvalue weighted by Crippen LogP contribution is -2.61. The fourth-order valence-electron chi connectivity index (χ4n) is 3.34. The van der Waals surface area contributed by atoms with Gasteiger partial charge < -0.3 is 30.2 Å². The molecule has 34 heavy (non-hydrogen) atoms. The van der Waals surface area contributed by atoms with Gasteiger partial charge in [-0.2, -0.15) is 0 Å². The number of carboxylic acid groups (broad SMARTS) is 2. The van der Waals surface area contributed by atoms with Crippen molar-refractivity contribution in [3.8, 4) is 0 Å². The maximum atomic E-state index is 13.4. The Balaban J connectivity index is 2.13. The number of carbonyl (C=O) groups excluding carboxylic acids is 3. The van der Waals surface area contributed by atoms with Crippen molar-refractivity contribution in [2.75, 3.05) is 6.54 Å². The molecule has 1 aromatic carbocycles. The molecule has 0 radical (unpaired) electrons. The van der Waals surface area contributed by atoms with Crippen LogP contribution in [0, 0.1) is 11.7 Å². The summed E-state index contributed by atoms with van der Waals surface area (Å²) < 4.78 is 24.3. The number of amides is 2. The third kappa shape index (κ3) is 7.25. The van der Waals surface area contributed by atoms with Gasteiger partial charge in [-0.05, 0) is 46.5 Å². The van der Waals surface area contributed by atoms with E-state index in [0.29, 0.717) is 4.47 Å². The third-order valence-corrected chi connectivity index (χ3v) is 5.52. The molecule has 14 heteroatoms. The zero-order valence-electron chi connectivity index (χ0n) is 18.3. The SMILES string of the molecule is CC(C)C[C@H](NC(=O)CNC(=O)c1cc(F)ccc1Br)B1OC(=O)CC(CC(=O)O)(C(=O)O)O1. The number of carbonyl (C=O) groups is 5. The fourth-order valence-corrected chi connectivity index (χ4v) is 3.76. The summed E-state index contributed by atoms with van der Waals surface area (Å²) >= 11 is 3.12. The molecular formula is C20H23BBrFN2O9. The van der Waals surface area contributed by atoms with Crippen molar-refractivity contribution in [2.45, 2.75) is 44.7 Å². The number of halogens is 2. The summed E-state index contributed by atoms with van der Waals surface area (Å²) in [6.45, 7) is 3.04. The summed E-state index contributed by atoms with van der Waals surface area (Å²) in [5.74, 6) is -7.36. The van der Waals surface area contributed by atoms with Crippen LogP contribution in [0.15, 0.2) is 22.7 Å². The van der Waals surface area contributed by atoms with Crippen LogP contribution in [-0.4, -0.2) is 65.1 Å². The molecule has 1 heterocycles. The highest BCUT2D eigenvalue weighted by atomic mass is 79.9. The Labute approximate surface area is 202 Å². The first-order valence-corrected chi connectivity index (χ1v) is 11.0. The zero-order chi connectivity index (χ0) is 25.6. The van der Waals surface area contributed by atoms with E-state index in [1.165, 1.54) is 6.07 Å². The highest BCUT2D eigenvalue weighted by molar-refractivity contribution is 9.10. The summed E-state index contributed by atoms with van der Waals surface area (Å²) in [7, 11) is -1.57. The summed E-state index contributed by atoms with van der Waals surface area (Å²) in [6, 6.07) is 3.47. The maximum absolute atomic E-state index is 13.4. The maximum Gasteiger partial charge on any atom is 0.552 e. The Bertz CT molecular complexity index is 989. The molecule has 1 aliphatic heterocycles. The molecule has 1 aliphatic rings. The number of nitrogens with one attached hydrogen (secondary N) is 2. The lowest BCUT2D eigenvalue weighted by molar-refractivity contribution is -0.175. The predicted octanol–water partition coefficient (Wildman–Crippen LogP) is 1.14. The van der Waals surface area contributed by atoms with Crippen LogP contribution in [0.1, 0.15) is 43.5 Å². The minimum absolute atomic E-state index is 0.0315. The second kappa shape index (κ2) is 11.4. The van der Waals surface area contributed by atoms with Crippen molar-refractivity contribution in [2.24, 2.45) is 5.92 Å². The van der Waals surface area contributed by atoms with E-state index in [0.717, 1.165) is 12.1 Å². The summed E-state index contributed by atoms with van der Waals surface area (Å²) in [4.78, 5) is 59.9. The van der Waals surface area contributed by atoms with Gasteiger partial charge in [0.1, 0.15) is 5.82 Å². The Morgan fingerprint density at radius 3 is 2.53 bits per heavy atom. The molecule has 0 saturated carbocycles. The summed E-state index contributed by atoms with van der Waals surface area (Å²) in [5.41, 5.74) is -2.39. The molecule has 1 aromatic rings. The van der Waals surface area contributed by atoms with Gasteiger partial charge in [-0.25, -0.2) is 9.18 Å². The van der Waals surface area contributed by atoms with Gasteiger partial charge in [0.05, 0.1) is 30.9 Å². The molecule has 1 fully saturated rings. The van der Waals surface area contributed by atoms with Gasteiger partial charge in [-0.15, -0.1) is 0 Å². The van der Waals surface area contributed by atoms with Gasteiger partial charge in [0, 0.05) is 4.47 Å². The Hall–Kier alpha value is -3.00. The van der Waals surface area contributed by atoms with Crippen LogP contribution in [0.2, 0.25) is 0 Å². The molecule has 2 atom stereocenters. The smallest absolute Gasteiger partial charge is 0.508 e. The molecule has 184 valence electrons. The molecule has 1 saturated heterocycles. The molecule has 0 spiro atoms. The number of carboxylic acids is 2. The van der Waals surface area contributed by atoms with Crippen molar-refractivity contribution >= 4 is 52.8 Å². The van der Waals surface area contributed by atoms with E-state index in [1.807, 2.05) is 0 Å². The highest BCUT2D eigenvalue weighted by Crippen LogP contribution is 2.30. The number of hydrogen-bond acceptors (Lipinski definition) is 7. The second-order valence-corrected chi connectivity index (χ2v) is 8.99. The zero-order valence-corrected chi connectivity index (χ0v) is 19.9. The average molecular weight is 545 g/mol. The van der Waals surface area contributed by atoms with E-state index in [4.69, 9.17) is 14.4 Å². The first-order chi connectivity index (χ1) is 15.8. The first kappa shape index (κ1) is 27.3. The Morgan fingerprint density at radius 1 is 1.26 bits per heavy atom. The average Bonchev–Trinajstić information content (AvgIpc) is 2.71. The van der Waals surface area contributed by atoms with E-state index in [2.05, 4.69) is 26.6 Å². The van der Waals surface area contributed by atoms with Crippen LogP contribution in [0.4, 0.5) is 4.39 Å². The van der Waals surface area contributed by atoms with Crippen molar-refractivity contribution < 1.29 is 47.9 Å². The van der Waals surface area contributed by atoms with Crippen LogP contribution in [0.3, 0.4) is 0 Å². The lowest BCUT2D eigenvalue weighted by atomic mass is 9.70. The lowest BCUT2D eigenvalue weighted by Gasteiger charge is -2.37. The number of aliphatic carboxylic acids is 2. The quantitative estimate of drug-likeness (QED) is 0.315. The van der Waals surface area contributed by atoms with Crippen LogP contribution in [0.25, 0.3) is 0 Å². The third-order valence-electron chi connectivity index (χ3n) is 4.83. The molecule has 0 aliphatic carbocycles. The van der Waals surface area contributed by atoms with Crippen LogP contribution in [0.5, 0.6) is 0 Å². The van der Waals surface area contributed by atoms with Crippen LogP contribution in [-0.2, 0) is 28.5 Å². The summed E-state index contributed by atoms with van der Waals surface area (Å²) in [6.07, 6.45) is -1.63. The van der Waals surface area contributed by atoms with Gasteiger partial charge in [0.2, 0.25) is 5.91 Å². The Kier molecular flexibility index (Phi) is 9.16. The minimum atomic E-state index is -2.36. The monoisotopic (exact) mass is 544 g/mol.